The smallest absolute Gasteiger partial charge is 0.252 e. The van der Waals surface area contributed by atoms with Crippen molar-refractivity contribution < 1.29 is 4.79 Å². The minimum atomic E-state index is -0.184. The topological polar surface area (TPSA) is 71.8 Å². The van der Waals surface area contributed by atoms with Crippen LogP contribution in [0.2, 0.25) is 0 Å². The van der Waals surface area contributed by atoms with Gasteiger partial charge in [-0.3, -0.25) is 4.79 Å². The summed E-state index contributed by atoms with van der Waals surface area (Å²) < 4.78 is 1.95. The first kappa shape index (κ1) is 17.9. The van der Waals surface area contributed by atoms with Crippen molar-refractivity contribution in [3.05, 3.63) is 23.0 Å². The van der Waals surface area contributed by atoms with Gasteiger partial charge in [0.25, 0.3) is 5.91 Å². The summed E-state index contributed by atoms with van der Waals surface area (Å²) in [7, 11) is 1.89. The van der Waals surface area contributed by atoms with Gasteiger partial charge in [0.05, 0.1) is 22.2 Å². The van der Waals surface area contributed by atoms with Crippen LogP contribution in [-0.4, -0.2) is 40.3 Å². The monoisotopic (exact) mass is 343 g/mol. The molecule has 136 valence electrons. The van der Waals surface area contributed by atoms with Gasteiger partial charge < -0.3 is 10.6 Å². The van der Waals surface area contributed by atoms with E-state index in [1.807, 2.05) is 31.6 Å². The average Bonchev–Trinajstić information content (AvgIpc) is 3.34. The molecule has 1 aliphatic carbocycles. The van der Waals surface area contributed by atoms with Gasteiger partial charge in [-0.05, 0) is 60.6 Å². The quantitative estimate of drug-likeness (QED) is 0.875. The molecule has 6 heteroatoms. The molecule has 0 spiro atoms. The number of hydrogen-bond acceptors (Lipinski definition) is 4. The normalized spacial score (nSPS) is 16.2. The largest absolute Gasteiger partial charge is 0.350 e. The van der Waals surface area contributed by atoms with Crippen molar-refractivity contribution in [2.75, 3.05) is 13.6 Å². The average molecular weight is 343 g/mol. The van der Waals surface area contributed by atoms with Crippen LogP contribution < -0.4 is 10.6 Å². The number of aryl methyl sites for hydroxylation is 1. The highest BCUT2D eigenvalue weighted by Gasteiger charge is 2.30. The molecule has 1 aliphatic rings. The SMILES string of the molecule is CNC(C)CNC(=O)c1cc(C2CC2)nc2c1c(C)nn2C(C)(C)C. The minimum Gasteiger partial charge on any atom is -0.350 e. The van der Waals surface area contributed by atoms with Gasteiger partial charge in [0.15, 0.2) is 5.65 Å². The van der Waals surface area contributed by atoms with Crippen LogP contribution in [0.3, 0.4) is 0 Å². The molecule has 1 saturated carbocycles. The van der Waals surface area contributed by atoms with Crippen LogP contribution in [-0.2, 0) is 5.54 Å². The molecule has 1 atom stereocenters. The Balaban J connectivity index is 2.10. The Morgan fingerprint density at radius 3 is 2.64 bits per heavy atom. The highest BCUT2D eigenvalue weighted by Crippen LogP contribution is 2.40. The van der Waals surface area contributed by atoms with Crippen LogP contribution in [0.15, 0.2) is 6.07 Å². The fourth-order valence-electron chi connectivity index (χ4n) is 2.99. The summed E-state index contributed by atoms with van der Waals surface area (Å²) in [6.45, 7) is 10.9. The van der Waals surface area contributed by atoms with Crippen molar-refractivity contribution >= 4 is 16.9 Å². The molecule has 1 amide bonds. The molecule has 3 rings (SSSR count). The first-order chi connectivity index (χ1) is 11.7. The number of fused-ring (bicyclic) bond motifs is 1. The zero-order valence-corrected chi connectivity index (χ0v) is 16.1. The van der Waals surface area contributed by atoms with Crippen LogP contribution >= 0.6 is 0 Å². The van der Waals surface area contributed by atoms with E-state index in [9.17, 15) is 4.79 Å². The van der Waals surface area contributed by atoms with E-state index in [4.69, 9.17) is 10.1 Å². The molecule has 2 heterocycles. The Kier molecular flexibility index (Phi) is 4.58. The molecule has 1 unspecified atom stereocenters. The number of carbonyl (C=O) groups is 1. The minimum absolute atomic E-state index is 0.0482. The maximum absolute atomic E-state index is 12.9. The number of pyridine rings is 1. The standard InChI is InChI=1S/C19H29N5O/c1-11(20-6)10-21-18(25)14-9-15(13-7-8-13)22-17-16(14)12(2)23-24(17)19(3,4)5/h9,11,13,20H,7-8,10H2,1-6H3,(H,21,25). The van der Waals surface area contributed by atoms with Gasteiger partial charge in [-0.15, -0.1) is 0 Å². The number of carbonyl (C=O) groups excluding carboxylic acids is 1. The predicted octanol–water partition coefficient (Wildman–Crippen LogP) is 2.71. The highest BCUT2D eigenvalue weighted by atomic mass is 16.1. The van der Waals surface area contributed by atoms with E-state index < -0.39 is 0 Å². The fraction of sp³-hybridized carbons (Fsp3) is 0.632. The van der Waals surface area contributed by atoms with Crippen LogP contribution in [0.5, 0.6) is 0 Å². The summed E-state index contributed by atoms with van der Waals surface area (Å²) in [5, 5.41) is 11.7. The van der Waals surface area contributed by atoms with Crippen LogP contribution in [0.4, 0.5) is 0 Å². The molecule has 25 heavy (non-hydrogen) atoms. The lowest BCUT2D eigenvalue weighted by atomic mass is 10.1. The van der Waals surface area contributed by atoms with E-state index in [1.165, 1.54) is 0 Å². The third-order valence-corrected chi connectivity index (χ3v) is 4.77. The van der Waals surface area contributed by atoms with Crippen molar-refractivity contribution in [2.24, 2.45) is 0 Å². The van der Waals surface area contributed by atoms with E-state index in [0.29, 0.717) is 18.0 Å². The van der Waals surface area contributed by atoms with Crippen LogP contribution in [0.1, 0.15) is 68.2 Å². The summed E-state index contributed by atoms with van der Waals surface area (Å²) >= 11 is 0. The van der Waals surface area contributed by atoms with Gasteiger partial charge in [-0.2, -0.15) is 5.10 Å². The predicted molar refractivity (Wildman–Crippen MR) is 100 cm³/mol. The van der Waals surface area contributed by atoms with Crippen molar-refractivity contribution in [3.63, 3.8) is 0 Å². The number of likely N-dealkylation sites (N-methyl/N-ethyl adjacent to an activating group) is 1. The summed E-state index contributed by atoms with van der Waals surface area (Å²) in [5.74, 6) is 0.434. The Morgan fingerprint density at radius 1 is 1.40 bits per heavy atom. The van der Waals surface area contributed by atoms with Gasteiger partial charge >= 0.3 is 0 Å². The van der Waals surface area contributed by atoms with Crippen LogP contribution in [0.25, 0.3) is 11.0 Å². The van der Waals surface area contributed by atoms with Crippen molar-refractivity contribution in [2.45, 2.75) is 65.0 Å². The summed E-state index contributed by atoms with van der Waals surface area (Å²) in [5.41, 5.74) is 3.21. The van der Waals surface area contributed by atoms with Crippen LogP contribution in [0, 0.1) is 6.92 Å². The molecule has 1 fully saturated rings. The van der Waals surface area contributed by atoms with E-state index in [1.54, 1.807) is 0 Å². The van der Waals surface area contributed by atoms with E-state index in [0.717, 1.165) is 35.3 Å². The maximum atomic E-state index is 12.9. The number of rotatable bonds is 5. The molecule has 2 N–H and O–H groups in total. The molecule has 0 aromatic carbocycles. The van der Waals surface area contributed by atoms with E-state index >= 15 is 0 Å². The molecule has 0 radical (unpaired) electrons. The summed E-state index contributed by atoms with van der Waals surface area (Å²) in [6.07, 6.45) is 2.30. The summed E-state index contributed by atoms with van der Waals surface area (Å²) in [6, 6.07) is 2.20. The van der Waals surface area contributed by atoms with Gasteiger partial charge in [0.2, 0.25) is 0 Å². The lowest BCUT2D eigenvalue weighted by Crippen LogP contribution is -2.37. The van der Waals surface area contributed by atoms with Gasteiger partial charge in [-0.1, -0.05) is 0 Å². The Bertz CT molecular complexity index is 798. The molecule has 0 aliphatic heterocycles. The summed E-state index contributed by atoms with van der Waals surface area (Å²) in [4.78, 5) is 17.8. The van der Waals surface area contributed by atoms with Gasteiger partial charge in [-0.25, -0.2) is 9.67 Å². The number of hydrogen-bond donors (Lipinski definition) is 2. The Hall–Kier alpha value is -1.95. The number of nitrogens with zero attached hydrogens (tertiary/aromatic N) is 3. The number of amides is 1. The first-order valence-electron chi connectivity index (χ1n) is 9.08. The number of nitrogens with one attached hydrogen (secondary N) is 2. The second kappa shape index (κ2) is 6.41. The molecular formula is C19H29N5O. The van der Waals surface area contributed by atoms with Gasteiger partial charge in [0, 0.05) is 24.2 Å². The highest BCUT2D eigenvalue weighted by molar-refractivity contribution is 6.06. The lowest BCUT2D eigenvalue weighted by Gasteiger charge is -2.20. The third-order valence-electron chi connectivity index (χ3n) is 4.77. The maximum Gasteiger partial charge on any atom is 0.252 e. The van der Waals surface area contributed by atoms with Crippen molar-refractivity contribution in [1.29, 1.82) is 0 Å². The Labute approximate surface area is 149 Å². The first-order valence-corrected chi connectivity index (χ1v) is 9.08. The molecular weight excluding hydrogens is 314 g/mol. The van der Waals surface area contributed by atoms with Gasteiger partial charge in [0.1, 0.15) is 0 Å². The second-order valence-corrected chi connectivity index (χ2v) is 8.14. The second-order valence-electron chi connectivity index (χ2n) is 8.14. The van der Waals surface area contributed by atoms with Crippen molar-refractivity contribution in [3.8, 4) is 0 Å². The molecule has 0 saturated heterocycles. The lowest BCUT2D eigenvalue weighted by molar-refractivity contribution is 0.0952. The zero-order chi connectivity index (χ0) is 18.4. The van der Waals surface area contributed by atoms with E-state index in [-0.39, 0.29) is 17.5 Å². The van der Waals surface area contributed by atoms with E-state index in [2.05, 4.69) is 31.4 Å². The fourth-order valence-corrected chi connectivity index (χ4v) is 2.99. The molecule has 0 bridgehead atoms. The molecule has 2 aromatic heterocycles. The molecule has 2 aromatic rings. The zero-order valence-electron chi connectivity index (χ0n) is 16.1. The number of aromatic nitrogens is 3. The van der Waals surface area contributed by atoms with Crippen molar-refractivity contribution in [1.82, 2.24) is 25.4 Å². The Morgan fingerprint density at radius 2 is 2.08 bits per heavy atom. The third kappa shape index (κ3) is 3.54. The molecule has 6 nitrogen and oxygen atoms in total.